The fraction of sp³-hybridized carbons (Fsp3) is 0.222. The molecular formula is C9H7Cl2NO3. The molecule has 0 aliphatic rings. The molecule has 0 radical (unpaired) electrons. The zero-order valence-corrected chi connectivity index (χ0v) is 9.25. The second kappa shape index (κ2) is 4.59. The highest BCUT2D eigenvalue weighted by molar-refractivity contribution is 6.64. The third kappa shape index (κ3) is 2.67. The summed E-state index contributed by atoms with van der Waals surface area (Å²) in [5, 5.41) is 10.0. The van der Waals surface area contributed by atoms with Crippen LogP contribution >= 0.6 is 23.2 Å². The molecule has 0 bridgehead atoms. The van der Waals surface area contributed by atoms with Gasteiger partial charge in [-0.2, -0.15) is 0 Å². The number of nitro benzene ring substituents is 1. The Balaban J connectivity index is 3.18. The lowest BCUT2D eigenvalue weighted by atomic mass is 10.0. The Morgan fingerprint density at radius 3 is 2.60 bits per heavy atom. The van der Waals surface area contributed by atoms with Crippen molar-refractivity contribution in [3.63, 3.8) is 0 Å². The van der Waals surface area contributed by atoms with E-state index in [4.69, 9.17) is 23.2 Å². The van der Waals surface area contributed by atoms with Crippen LogP contribution in [0.3, 0.4) is 0 Å². The number of hydrogen-bond donors (Lipinski definition) is 0. The van der Waals surface area contributed by atoms with Crippen LogP contribution in [0.15, 0.2) is 18.2 Å². The van der Waals surface area contributed by atoms with Crippen LogP contribution in [-0.4, -0.2) is 10.2 Å². The van der Waals surface area contributed by atoms with E-state index in [1.807, 2.05) is 0 Å². The maximum Gasteiger partial charge on any atom is 0.288 e. The minimum Gasteiger partial charge on any atom is -0.281 e. The molecule has 1 rings (SSSR count). The lowest BCUT2D eigenvalue weighted by Crippen LogP contribution is -2.02. The smallest absolute Gasteiger partial charge is 0.281 e. The summed E-state index contributed by atoms with van der Waals surface area (Å²) >= 11 is 10.9. The Morgan fingerprint density at radius 2 is 2.13 bits per heavy atom. The summed E-state index contributed by atoms with van der Waals surface area (Å²) < 4.78 is 0. The van der Waals surface area contributed by atoms with Crippen molar-refractivity contribution in [3.8, 4) is 0 Å². The van der Waals surface area contributed by atoms with Gasteiger partial charge in [0.1, 0.15) is 5.02 Å². The molecule has 0 aromatic heterocycles. The Morgan fingerprint density at radius 1 is 1.53 bits per heavy atom. The molecule has 1 aromatic rings. The highest BCUT2D eigenvalue weighted by atomic mass is 35.5. The van der Waals surface area contributed by atoms with E-state index in [2.05, 4.69) is 0 Å². The third-order valence-corrected chi connectivity index (χ3v) is 2.65. The molecule has 0 spiro atoms. The molecule has 0 aliphatic heterocycles. The van der Waals surface area contributed by atoms with Crippen molar-refractivity contribution in [1.82, 2.24) is 0 Å². The van der Waals surface area contributed by atoms with Crippen LogP contribution in [0.2, 0.25) is 5.02 Å². The van der Waals surface area contributed by atoms with E-state index in [0.29, 0.717) is 5.56 Å². The van der Waals surface area contributed by atoms with Gasteiger partial charge < -0.3 is 0 Å². The van der Waals surface area contributed by atoms with E-state index >= 15 is 0 Å². The summed E-state index contributed by atoms with van der Waals surface area (Å²) in [4.78, 5) is 20.8. The molecule has 0 fully saturated rings. The van der Waals surface area contributed by atoms with Crippen LogP contribution in [-0.2, 0) is 4.79 Å². The molecule has 0 N–H and O–H groups in total. The molecule has 15 heavy (non-hydrogen) atoms. The van der Waals surface area contributed by atoms with E-state index in [9.17, 15) is 14.9 Å². The predicted octanol–water partition coefficient (Wildman–Crippen LogP) is 3.12. The lowest BCUT2D eigenvalue weighted by Gasteiger charge is -2.06. The van der Waals surface area contributed by atoms with E-state index in [-0.39, 0.29) is 10.7 Å². The Hall–Kier alpha value is -1.13. The maximum absolute atomic E-state index is 10.9. The Bertz CT molecular complexity index is 420. The van der Waals surface area contributed by atoms with E-state index < -0.39 is 16.1 Å². The number of carbonyl (C=O) groups excluding carboxylic acids is 1. The van der Waals surface area contributed by atoms with Gasteiger partial charge in [0, 0.05) is 6.07 Å². The standard InChI is InChI=1S/C9H7Cl2NO3/c1-5(9(11)13)6-2-3-7(10)8(4-6)12(14)15/h2-5H,1H3/t5-/m0/s1. The summed E-state index contributed by atoms with van der Waals surface area (Å²) in [5.41, 5.74) is 0.255. The van der Waals surface area contributed by atoms with Gasteiger partial charge in [-0.1, -0.05) is 24.6 Å². The largest absolute Gasteiger partial charge is 0.288 e. The normalized spacial score (nSPS) is 12.2. The first kappa shape index (κ1) is 11.9. The zero-order valence-electron chi connectivity index (χ0n) is 7.74. The number of benzene rings is 1. The van der Waals surface area contributed by atoms with Crippen molar-refractivity contribution in [2.24, 2.45) is 0 Å². The van der Waals surface area contributed by atoms with Crippen LogP contribution in [0.5, 0.6) is 0 Å². The molecule has 0 aliphatic carbocycles. The Kier molecular flexibility index (Phi) is 3.66. The van der Waals surface area contributed by atoms with Crippen molar-refractivity contribution >= 4 is 34.1 Å². The van der Waals surface area contributed by atoms with Crippen LogP contribution < -0.4 is 0 Å². The van der Waals surface area contributed by atoms with Crippen molar-refractivity contribution in [2.45, 2.75) is 12.8 Å². The summed E-state index contributed by atoms with van der Waals surface area (Å²) in [6.45, 7) is 1.57. The molecule has 1 atom stereocenters. The number of hydrogen-bond acceptors (Lipinski definition) is 3. The van der Waals surface area contributed by atoms with Gasteiger partial charge >= 0.3 is 0 Å². The average Bonchev–Trinajstić information content (AvgIpc) is 2.16. The van der Waals surface area contributed by atoms with Crippen LogP contribution in [0.1, 0.15) is 18.4 Å². The van der Waals surface area contributed by atoms with Gasteiger partial charge in [-0.3, -0.25) is 14.9 Å². The maximum atomic E-state index is 10.9. The van der Waals surface area contributed by atoms with E-state index in [1.165, 1.54) is 12.1 Å². The highest BCUT2D eigenvalue weighted by Crippen LogP contribution is 2.29. The van der Waals surface area contributed by atoms with Crippen molar-refractivity contribution in [1.29, 1.82) is 0 Å². The molecular weight excluding hydrogens is 241 g/mol. The summed E-state index contributed by atoms with van der Waals surface area (Å²) in [6, 6.07) is 4.18. The van der Waals surface area contributed by atoms with Gasteiger partial charge in [0.25, 0.3) is 5.69 Å². The number of rotatable bonds is 3. The fourth-order valence-electron chi connectivity index (χ4n) is 1.07. The van der Waals surface area contributed by atoms with Crippen LogP contribution in [0.25, 0.3) is 0 Å². The fourth-order valence-corrected chi connectivity index (χ4v) is 1.38. The van der Waals surface area contributed by atoms with Crippen molar-refractivity contribution in [2.75, 3.05) is 0 Å². The molecule has 0 amide bonds. The second-order valence-electron chi connectivity index (χ2n) is 2.99. The summed E-state index contributed by atoms with van der Waals surface area (Å²) in [5.74, 6) is -0.581. The molecule has 0 saturated carbocycles. The van der Waals surface area contributed by atoms with Crippen LogP contribution in [0, 0.1) is 10.1 Å². The lowest BCUT2D eigenvalue weighted by molar-refractivity contribution is -0.384. The quantitative estimate of drug-likeness (QED) is 0.469. The van der Waals surface area contributed by atoms with Gasteiger partial charge in [0.15, 0.2) is 0 Å². The summed E-state index contributed by atoms with van der Waals surface area (Å²) in [6.07, 6.45) is 0. The van der Waals surface area contributed by atoms with E-state index in [0.717, 1.165) is 0 Å². The Labute approximate surface area is 95.9 Å². The number of halogens is 2. The summed E-state index contributed by atoms with van der Waals surface area (Å²) in [7, 11) is 0. The third-order valence-electron chi connectivity index (χ3n) is 2.01. The molecule has 1 aromatic carbocycles. The highest BCUT2D eigenvalue weighted by Gasteiger charge is 2.18. The molecule has 4 nitrogen and oxygen atoms in total. The molecule has 0 heterocycles. The zero-order chi connectivity index (χ0) is 11.6. The first-order valence-corrected chi connectivity index (χ1v) is 4.82. The molecule has 80 valence electrons. The first-order valence-electron chi connectivity index (χ1n) is 4.06. The minimum absolute atomic E-state index is 0.0398. The van der Waals surface area contributed by atoms with Gasteiger partial charge in [-0.15, -0.1) is 0 Å². The molecule has 0 saturated heterocycles. The van der Waals surface area contributed by atoms with Gasteiger partial charge in [-0.25, -0.2) is 0 Å². The topological polar surface area (TPSA) is 60.2 Å². The molecule has 6 heteroatoms. The monoisotopic (exact) mass is 247 g/mol. The average molecular weight is 248 g/mol. The van der Waals surface area contributed by atoms with Gasteiger partial charge in [-0.05, 0) is 23.2 Å². The molecule has 0 unspecified atom stereocenters. The number of carbonyl (C=O) groups is 1. The SMILES string of the molecule is C[C@H](C(=O)Cl)c1ccc(Cl)c([N+](=O)[O-])c1. The van der Waals surface area contributed by atoms with Gasteiger partial charge in [0.2, 0.25) is 5.24 Å². The van der Waals surface area contributed by atoms with Crippen molar-refractivity contribution < 1.29 is 9.72 Å². The van der Waals surface area contributed by atoms with Crippen molar-refractivity contribution in [3.05, 3.63) is 38.9 Å². The minimum atomic E-state index is -0.600. The number of nitro groups is 1. The predicted molar refractivity (Wildman–Crippen MR) is 57.4 cm³/mol. The van der Waals surface area contributed by atoms with E-state index in [1.54, 1.807) is 13.0 Å². The van der Waals surface area contributed by atoms with Crippen LogP contribution in [0.4, 0.5) is 5.69 Å². The van der Waals surface area contributed by atoms with Gasteiger partial charge in [0.05, 0.1) is 10.8 Å². The number of nitrogens with zero attached hydrogens (tertiary/aromatic N) is 1. The first-order chi connectivity index (χ1) is 6.93. The second-order valence-corrected chi connectivity index (χ2v) is 3.77.